The number of nitrogens with one attached hydrogen (secondary N) is 1. The second-order valence-electron chi connectivity index (χ2n) is 9.00. The molecule has 2 aliphatic rings. The average Bonchev–Trinajstić information content (AvgIpc) is 3.25. The number of hydrogen-bond donors (Lipinski definition) is 1. The second-order valence-corrected chi connectivity index (χ2v) is 9.00. The molecule has 0 spiro atoms. The van der Waals surface area contributed by atoms with Crippen LogP contribution in [0, 0.1) is 12.8 Å². The molecule has 0 atom stereocenters. The number of fused-ring (bicyclic) bond motifs is 1. The van der Waals surface area contributed by atoms with E-state index in [0.29, 0.717) is 6.01 Å². The Morgan fingerprint density at radius 2 is 1.75 bits per heavy atom. The molecule has 0 saturated carbocycles. The Morgan fingerprint density at radius 3 is 2.47 bits per heavy atom. The fraction of sp³-hybridized carbons (Fsp3) is 0.440. The van der Waals surface area contributed by atoms with Crippen LogP contribution < -0.4 is 15.1 Å². The molecule has 3 heterocycles. The van der Waals surface area contributed by atoms with Crippen LogP contribution in [-0.4, -0.2) is 62.1 Å². The molecule has 32 heavy (non-hydrogen) atoms. The molecule has 2 saturated heterocycles. The molecule has 2 aromatic carbocycles. The number of benzene rings is 2. The van der Waals surface area contributed by atoms with Gasteiger partial charge >= 0.3 is 0 Å². The zero-order chi connectivity index (χ0) is 22.1. The third-order valence-electron chi connectivity index (χ3n) is 6.76. The lowest BCUT2D eigenvalue weighted by molar-refractivity contribution is -0.120. The van der Waals surface area contributed by atoms with Crippen LogP contribution in [-0.2, 0) is 4.79 Å². The Kier molecular flexibility index (Phi) is 5.74. The van der Waals surface area contributed by atoms with Gasteiger partial charge in [0.25, 0.3) is 6.01 Å². The lowest BCUT2D eigenvalue weighted by Crippen LogP contribution is -2.44. The van der Waals surface area contributed by atoms with Crippen LogP contribution in [0.1, 0.15) is 18.4 Å². The van der Waals surface area contributed by atoms with Gasteiger partial charge in [0.2, 0.25) is 5.91 Å². The van der Waals surface area contributed by atoms with E-state index < -0.39 is 0 Å². The molecule has 0 bridgehead atoms. The standard InChI is InChI=1S/C25H31N5O2/c1-18-17-20(29-15-13-28(2)14-16-29)7-8-21(18)26-24(31)19-9-11-30(12-10-19)25-27-22-5-3-4-6-23(22)32-25/h3-8,17,19H,9-16H2,1-2H3,(H,26,31). The highest BCUT2D eigenvalue weighted by Gasteiger charge is 2.27. The number of amides is 1. The van der Waals surface area contributed by atoms with Gasteiger partial charge in [-0.3, -0.25) is 4.79 Å². The van der Waals surface area contributed by atoms with Crippen molar-refractivity contribution in [2.75, 3.05) is 61.4 Å². The lowest BCUT2D eigenvalue weighted by atomic mass is 9.96. The summed E-state index contributed by atoms with van der Waals surface area (Å²) in [5.74, 6) is 0.116. The molecule has 1 amide bonds. The molecule has 0 unspecified atom stereocenters. The molecule has 7 nitrogen and oxygen atoms in total. The van der Waals surface area contributed by atoms with E-state index in [1.807, 2.05) is 30.3 Å². The Hall–Kier alpha value is -3.06. The third kappa shape index (κ3) is 4.30. The van der Waals surface area contributed by atoms with Crippen molar-refractivity contribution in [3.8, 4) is 0 Å². The highest BCUT2D eigenvalue weighted by Crippen LogP contribution is 2.28. The molecular weight excluding hydrogens is 402 g/mol. The van der Waals surface area contributed by atoms with Crippen molar-refractivity contribution in [1.29, 1.82) is 0 Å². The first-order chi connectivity index (χ1) is 15.6. The molecule has 1 N–H and O–H groups in total. The topological polar surface area (TPSA) is 64.8 Å². The summed E-state index contributed by atoms with van der Waals surface area (Å²) in [5, 5.41) is 3.17. The molecular formula is C25H31N5O2. The van der Waals surface area contributed by atoms with Gasteiger partial charge in [0.15, 0.2) is 5.58 Å². The van der Waals surface area contributed by atoms with Gasteiger partial charge in [0.1, 0.15) is 5.52 Å². The van der Waals surface area contributed by atoms with E-state index in [0.717, 1.165) is 74.5 Å². The third-order valence-corrected chi connectivity index (χ3v) is 6.76. The molecule has 0 radical (unpaired) electrons. The fourth-order valence-corrected chi connectivity index (χ4v) is 4.61. The minimum absolute atomic E-state index is 0.00679. The van der Waals surface area contributed by atoms with Crippen LogP contribution >= 0.6 is 0 Å². The van der Waals surface area contributed by atoms with Crippen molar-refractivity contribution in [3.05, 3.63) is 48.0 Å². The molecule has 168 valence electrons. The van der Waals surface area contributed by atoms with Crippen molar-refractivity contribution < 1.29 is 9.21 Å². The largest absolute Gasteiger partial charge is 0.423 e. The van der Waals surface area contributed by atoms with E-state index in [-0.39, 0.29) is 11.8 Å². The highest BCUT2D eigenvalue weighted by molar-refractivity contribution is 5.93. The van der Waals surface area contributed by atoms with E-state index in [4.69, 9.17) is 4.42 Å². The van der Waals surface area contributed by atoms with Crippen LogP contribution in [0.25, 0.3) is 11.1 Å². The van der Waals surface area contributed by atoms with Crippen LogP contribution in [0.3, 0.4) is 0 Å². The van der Waals surface area contributed by atoms with Gasteiger partial charge in [-0.2, -0.15) is 4.98 Å². The number of rotatable bonds is 4. The Balaban J connectivity index is 1.18. The van der Waals surface area contributed by atoms with Crippen LogP contribution in [0.5, 0.6) is 0 Å². The number of hydrogen-bond acceptors (Lipinski definition) is 6. The first-order valence-corrected chi connectivity index (χ1v) is 11.5. The smallest absolute Gasteiger partial charge is 0.298 e. The Labute approximate surface area is 189 Å². The Morgan fingerprint density at radius 1 is 1.00 bits per heavy atom. The first-order valence-electron chi connectivity index (χ1n) is 11.5. The lowest BCUT2D eigenvalue weighted by Gasteiger charge is -2.34. The zero-order valence-corrected chi connectivity index (χ0v) is 18.9. The molecule has 2 fully saturated rings. The number of piperazine rings is 1. The number of para-hydroxylation sites is 2. The number of likely N-dealkylation sites (N-methyl/N-ethyl adjacent to an activating group) is 1. The van der Waals surface area contributed by atoms with Gasteiger partial charge in [-0.1, -0.05) is 12.1 Å². The summed E-state index contributed by atoms with van der Waals surface area (Å²) in [6.07, 6.45) is 1.59. The Bertz CT molecular complexity index is 1060. The maximum Gasteiger partial charge on any atom is 0.298 e. The summed E-state index contributed by atoms with van der Waals surface area (Å²) in [5.41, 5.74) is 4.93. The van der Waals surface area contributed by atoms with Gasteiger partial charge < -0.3 is 24.4 Å². The average molecular weight is 434 g/mol. The van der Waals surface area contributed by atoms with Crippen LogP contribution in [0.2, 0.25) is 0 Å². The van der Waals surface area contributed by atoms with Crippen molar-refractivity contribution in [2.45, 2.75) is 19.8 Å². The normalized spacial score (nSPS) is 18.3. The van der Waals surface area contributed by atoms with Crippen LogP contribution in [0.4, 0.5) is 17.4 Å². The highest BCUT2D eigenvalue weighted by atomic mass is 16.4. The summed E-state index contributed by atoms with van der Waals surface area (Å²) in [6.45, 7) is 7.86. The molecule has 7 heteroatoms. The van der Waals surface area contributed by atoms with Gasteiger partial charge in [-0.05, 0) is 62.7 Å². The molecule has 5 rings (SSSR count). The van der Waals surface area contributed by atoms with Gasteiger partial charge in [-0.25, -0.2) is 0 Å². The maximum atomic E-state index is 12.9. The first kappa shape index (κ1) is 20.8. The van der Waals surface area contributed by atoms with Gasteiger partial charge in [0, 0.05) is 56.6 Å². The fourth-order valence-electron chi connectivity index (χ4n) is 4.61. The van der Waals surface area contributed by atoms with Crippen LogP contribution in [0.15, 0.2) is 46.9 Å². The van der Waals surface area contributed by atoms with Gasteiger partial charge in [-0.15, -0.1) is 0 Å². The zero-order valence-electron chi connectivity index (χ0n) is 18.9. The van der Waals surface area contributed by atoms with Crippen molar-refractivity contribution in [3.63, 3.8) is 0 Å². The maximum absolute atomic E-state index is 12.9. The summed E-state index contributed by atoms with van der Waals surface area (Å²) in [4.78, 5) is 24.4. The molecule has 1 aromatic heterocycles. The molecule has 2 aliphatic heterocycles. The number of aromatic nitrogens is 1. The SMILES string of the molecule is Cc1cc(N2CCN(C)CC2)ccc1NC(=O)C1CCN(c2nc3ccccc3o2)CC1. The quantitative estimate of drug-likeness (QED) is 0.676. The van der Waals surface area contributed by atoms with E-state index in [1.54, 1.807) is 0 Å². The van der Waals surface area contributed by atoms with E-state index in [1.165, 1.54) is 5.69 Å². The minimum Gasteiger partial charge on any atom is -0.423 e. The van der Waals surface area contributed by atoms with Crippen molar-refractivity contribution >= 4 is 34.4 Å². The monoisotopic (exact) mass is 433 g/mol. The molecule has 0 aliphatic carbocycles. The number of oxazole rings is 1. The van der Waals surface area contributed by atoms with Crippen molar-refractivity contribution in [1.82, 2.24) is 9.88 Å². The predicted octanol–water partition coefficient (Wildman–Crippen LogP) is 3.74. The number of anilines is 3. The molecule has 3 aromatic rings. The van der Waals surface area contributed by atoms with E-state index >= 15 is 0 Å². The summed E-state index contributed by atoms with van der Waals surface area (Å²) in [7, 11) is 2.17. The number of aryl methyl sites for hydroxylation is 1. The van der Waals surface area contributed by atoms with E-state index in [9.17, 15) is 4.79 Å². The van der Waals surface area contributed by atoms with Gasteiger partial charge in [0.05, 0.1) is 0 Å². The number of nitrogens with zero attached hydrogens (tertiary/aromatic N) is 4. The number of carbonyl (C=O) groups is 1. The summed E-state index contributed by atoms with van der Waals surface area (Å²) in [6, 6.07) is 14.8. The van der Waals surface area contributed by atoms with Crippen molar-refractivity contribution in [2.24, 2.45) is 5.92 Å². The number of carbonyl (C=O) groups excluding carboxylic acids is 1. The minimum atomic E-state index is 0.00679. The van der Waals surface area contributed by atoms with E-state index in [2.05, 4.69) is 51.1 Å². The summed E-state index contributed by atoms with van der Waals surface area (Å²) < 4.78 is 5.89. The predicted molar refractivity (Wildman–Crippen MR) is 128 cm³/mol. The second kappa shape index (κ2) is 8.82. The summed E-state index contributed by atoms with van der Waals surface area (Å²) >= 11 is 0. The number of piperidine rings is 1.